The van der Waals surface area contributed by atoms with Gasteiger partial charge >= 0.3 is 0 Å². The van der Waals surface area contributed by atoms with E-state index >= 15 is 0 Å². The van der Waals surface area contributed by atoms with Crippen LogP contribution in [0.1, 0.15) is 0 Å². The third-order valence-electron chi connectivity index (χ3n) is 0.855. The van der Waals surface area contributed by atoms with Crippen molar-refractivity contribution in [2.45, 2.75) is 0 Å². The number of amidine groups is 1. The highest BCUT2D eigenvalue weighted by Gasteiger charge is 1.94. The number of ether oxygens (including phenoxy) is 1. The molecular formula is C5H14N4O2. The van der Waals surface area contributed by atoms with E-state index in [2.05, 4.69) is 10.3 Å². The van der Waals surface area contributed by atoms with Gasteiger partial charge in [0.1, 0.15) is 13.5 Å². The lowest BCUT2D eigenvalue weighted by Crippen LogP contribution is -2.32. The predicted octanol–water partition coefficient (Wildman–Crippen LogP) is -2.23. The summed E-state index contributed by atoms with van der Waals surface area (Å²) < 4.78 is 4.79. The van der Waals surface area contributed by atoms with Gasteiger partial charge in [0, 0.05) is 13.1 Å². The zero-order chi connectivity index (χ0) is 8.53. The van der Waals surface area contributed by atoms with Crippen molar-refractivity contribution in [2.75, 3.05) is 26.6 Å². The normalized spacial score (nSPS) is 11.4. The van der Waals surface area contributed by atoms with Crippen LogP contribution in [0.4, 0.5) is 0 Å². The van der Waals surface area contributed by atoms with Crippen molar-refractivity contribution in [3.63, 3.8) is 0 Å². The van der Waals surface area contributed by atoms with Crippen LogP contribution in [0, 0.1) is 0 Å². The molecule has 0 bridgehead atoms. The third kappa shape index (κ3) is 5.59. The smallest absolute Gasteiger partial charge is 0.288 e. The minimum atomic E-state index is -0.326. The molecule has 0 saturated carbocycles. The summed E-state index contributed by atoms with van der Waals surface area (Å²) in [6.07, 6.45) is 0. The highest BCUT2D eigenvalue weighted by molar-refractivity contribution is 5.73. The number of hydrogen-bond acceptors (Lipinski definition) is 5. The lowest BCUT2D eigenvalue weighted by molar-refractivity contribution is 0.273. The molecule has 0 atom stereocenters. The van der Waals surface area contributed by atoms with E-state index in [1.807, 2.05) is 0 Å². The molecule has 11 heavy (non-hydrogen) atoms. The van der Waals surface area contributed by atoms with E-state index in [0.29, 0.717) is 13.1 Å². The summed E-state index contributed by atoms with van der Waals surface area (Å²) in [6.45, 7) is 0.709. The zero-order valence-electron chi connectivity index (χ0n) is 6.29. The maximum Gasteiger partial charge on any atom is 0.288 e. The predicted molar refractivity (Wildman–Crippen MR) is 41.7 cm³/mol. The molecule has 0 rings (SSSR count). The van der Waals surface area contributed by atoms with Crippen molar-refractivity contribution < 1.29 is 9.84 Å². The SMILES string of the molecule is NCCN/C(=N/CO)OCN. The number of rotatable bonds is 4. The molecule has 0 aromatic rings. The molecule has 0 saturated heterocycles. The summed E-state index contributed by atoms with van der Waals surface area (Å²) in [4.78, 5) is 3.55. The van der Waals surface area contributed by atoms with Crippen LogP contribution in [0.3, 0.4) is 0 Å². The Balaban J connectivity index is 3.60. The number of nitrogens with two attached hydrogens (primary N) is 2. The second kappa shape index (κ2) is 7.26. The summed E-state index contributed by atoms with van der Waals surface area (Å²) in [7, 11) is 0. The van der Waals surface area contributed by atoms with E-state index < -0.39 is 0 Å². The van der Waals surface area contributed by atoms with Gasteiger partial charge in [0.25, 0.3) is 6.02 Å². The number of nitrogens with one attached hydrogen (secondary N) is 1. The largest absolute Gasteiger partial charge is 0.450 e. The van der Waals surface area contributed by atoms with Gasteiger partial charge < -0.3 is 20.9 Å². The van der Waals surface area contributed by atoms with Crippen molar-refractivity contribution in [1.82, 2.24) is 5.32 Å². The third-order valence-corrected chi connectivity index (χ3v) is 0.855. The molecular weight excluding hydrogens is 148 g/mol. The first-order chi connectivity index (χ1) is 5.35. The monoisotopic (exact) mass is 162 g/mol. The van der Waals surface area contributed by atoms with Gasteiger partial charge in [-0.3, -0.25) is 5.73 Å². The second-order valence-corrected chi connectivity index (χ2v) is 1.63. The molecule has 0 aliphatic heterocycles. The van der Waals surface area contributed by atoms with Gasteiger partial charge in [0.2, 0.25) is 0 Å². The average molecular weight is 162 g/mol. The fourth-order valence-corrected chi connectivity index (χ4v) is 0.475. The minimum Gasteiger partial charge on any atom is -0.450 e. The van der Waals surface area contributed by atoms with Crippen LogP contribution in [-0.4, -0.2) is 37.7 Å². The molecule has 0 amide bonds. The number of hydrogen-bond donors (Lipinski definition) is 4. The molecule has 0 aliphatic rings. The molecule has 0 spiro atoms. The topological polar surface area (TPSA) is 106 Å². The van der Waals surface area contributed by atoms with E-state index in [4.69, 9.17) is 21.3 Å². The molecule has 6 heteroatoms. The Morgan fingerprint density at radius 2 is 2.27 bits per heavy atom. The standard InChI is InChI=1S/C5H14N4O2/c6-1-2-8-5(9-4-10)11-3-7/h10H,1-4,6-7H2,(H,8,9). The minimum absolute atomic E-state index is 0.0242. The van der Waals surface area contributed by atoms with Crippen LogP contribution < -0.4 is 16.8 Å². The number of aliphatic imine (C=N–C) groups is 1. The van der Waals surface area contributed by atoms with Crippen molar-refractivity contribution in [3.05, 3.63) is 0 Å². The van der Waals surface area contributed by atoms with Crippen LogP contribution in [0.25, 0.3) is 0 Å². The molecule has 0 heterocycles. The summed E-state index contributed by atoms with van der Waals surface area (Å²) in [6, 6.07) is 0.223. The number of aliphatic hydroxyl groups is 1. The molecule has 0 fully saturated rings. The molecule has 66 valence electrons. The van der Waals surface area contributed by atoms with Crippen molar-refractivity contribution in [1.29, 1.82) is 0 Å². The Kier molecular flexibility index (Phi) is 6.70. The first-order valence-electron chi connectivity index (χ1n) is 3.27. The Morgan fingerprint density at radius 3 is 2.73 bits per heavy atom. The van der Waals surface area contributed by atoms with Gasteiger partial charge in [0.15, 0.2) is 0 Å². The van der Waals surface area contributed by atoms with E-state index in [0.717, 1.165) is 0 Å². The maximum atomic E-state index is 8.38. The first-order valence-corrected chi connectivity index (χ1v) is 3.27. The maximum absolute atomic E-state index is 8.38. The Labute approximate surface area is 65.2 Å². The van der Waals surface area contributed by atoms with Crippen LogP contribution in [0.2, 0.25) is 0 Å². The summed E-state index contributed by atoms with van der Waals surface area (Å²) in [5.74, 6) is 0. The quantitative estimate of drug-likeness (QED) is 0.213. The molecule has 0 radical (unpaired) electrons. The fourth-order valence-electron chi connectivity index (χ4n) is 0.475. The van der Waals surface area contributed by atoms with E-state index in [9.17, 15) is 0 Å². The van der Waals surface area contributed by atoms with Gasteiger partial charge in [-0.15, -0.1) is 0 Å². The second-order valence-electron chi connectivity index (χ2n) is 1.63. The number of nitrogens with zero attached hydrogens (tertiary/aromatic N) is 1. The molecule has 0 aliphatic carbocycles. The summed E-state index contributed by atoms with van der Waals surface area (Å²) in [5, 5.41) is 11.1. The van der Waals surface area contributed by atoms with Crippen LogP contribution in [0.15, 0.2) is 4.99 Å². The van der Waals surface area contributed by atoms with Crippen molar-refractivity contribution in [3.8, 4) is 0 Å². The molecule has 0 unspecified atom stereocenters. The molecule has 6 N–H and O–H groups in total. The van der Waals surface area contributed by atoms with Gasteiger partial charge in [0.05, 0.1) is 0 Å². The van der Waals surface area contributed by atoms with Crippen LogP contribution in [-0.2, 0) is 4.74 Å². The van der Waals surface area contributed by atoms with Crippen molar-refractivity contribution >= 4 is 6.02 Å². The highest BCUT2D eigenvalue weighted by Crippen LogP contribution is 1.75. The van der Waals surface area contributed by atoms with Crippen LogP contribution in [0.5, 0.6) is 0 Å². The average Bonchev–Trinajstić information content (AvgIpc) is 2.01. The van der Waals surface area contributed by atoms with Gasteiger partial charge in [-0.05, 0) is 0 Å². The molecule has 6 nitrogen and oxygen atoms in total. The molecule has 0 aromatic heterocycles. The van der Waals surface area contributed by atoms with E-state index in [-0.39, 0.29) is 19.5 Å². The Hall–Kier alpha value is -0.850. The zero-order valence-corrected chi connectivity index (χ0v) is 6.29. The fraction of sp³-hybridized carbons (Fsp3) is 0.800. The van der Waals surface area contributed by atoms with Crippen LogP contribution >= 0.6 is 0 Å². The van der Waals surface area contributed by atoms with Gasteiger partial charge in [-0.2, -0.15) is 0 Å². The molecule has 0 aromatic carbocycles. The van der Waals surface area contributed by atoms with E-state index in [1.165, 1.54) is 0 Å². The lowest BCUT2D eigenvalue weighted by atomic mass is 10.6. The van der Waals surface area contributed by atoms with Crippen molar-refractivity contribution in [2.24, 2.45) is 16.5 Å². The van der Waals surface area contributed by atoms with Gasteiger partial charge in [-0.25, -0.2) is 4.99 Å². The van der Waals surface area contributed by atoms with E-state index in [1.54, 1.807) is 0 Å². The first kappa shape index (κ1) is 10.2. The number of aliphatic hydroxyl groups excluding tert-OH is 1. The Morgan fingerprint density at radius 1 is 1.55 bits per heavy atom. The lowest BCUT2D eigenvalue weighted by Gasteiger charge is -2.07. The summed E-state index contributed by atoms with van der Waals surface area (Å²) >= 11 is 0. The highest BCUT2D eigenvalue weighted by atomic mass is 16.5. The summed E-state index contributed by atoms with van der Waals surface area (Å²) in [5.41, 5.74) is 10.3. The van der Waals surface area contributed by atoms with Gasteiger partial charge in [-0.1, -0.05) is 0 Å². The Bertz CT molecular complexity index is 117.